The van der Waals surface area contributed by atoms with Crippen molar-refractivity contribution in [3.63, 3.8) is 0 Å². The molecule has 0 aromatic heterocycles. The van der Waals surface area contributed by atoms with Crippen molar-refractivity contribution in [3.8, 4) is 0 Å². The molecule has 2 saturated heterocycles. The summed E-state index contributed by atoms with van der Waals surface area (Å²) in [6, 6.07) is 0. The zero-order valence-electron chi connectivity index (χ0n) is 4.92. The van der Waals surface area contributed by atoms with Gasteiger partial charge in [-0.05, 0) is 6.92 Å². The third-order valence-electron chi connectivity index (χ3n) is 1.68. The number of carbonyl (C=O) groups excluding carboxylic acids is 1. The van der Waals surface area contributed by atoms with E-state index < -0.39 is 5.72 Å². The van der Waals surface area contributed by atoms with Crippen molar-refractivity contribution in [1.29, 1.82) is 0 Å². The van der Waals surface area contributed by atoms with Gasteiger partial charge in [0.2, 0.25) is 0 Å². The number of epoxide rings is 1. The second-order valence-corrected chi connectivity index (χ2v) is 2.61. The lowest BCUT2D eigenvalue weighted by atomic mass is 10.2. The molecule has 3 unspecified atom stereocenters. The molecule has 0 bridgehead atoms. The summed E-state index contributed by atoms with van der Waals surface area (Å²) >= 11 is 0. The molecular formula is C5H7NO3. The maximum absolute atomic E-state index is 10.6. The Balaban J connectivity index is 2.26. The molecule has 2 aliphatic heterocycles. The molecule has 0 saturated carbocycles. The van der Waals surface area contributed by atoms with Crippen LogP contribution in [0.2, 0.25) is 0 Å². The van der Waals surface area contributed by atoms with E-state index in [2.05, 4.69) is 5.32 Å². The van der Waals surface area contributed by atoms with Gasteiger partial charge in [-0.25, -0.2) is 0 Å². The van der Waals surface area contributed by atoms with Gasteiger partial charge in [-0.2, -0.15) is 0 Å². The summed E-state index contributed by atoms with van der Waals surface area (Å²) < 4.78 is 4.82. The van der Waals surface area contributed by atoms with Gasteiger partial charge in [0.25, 0.3) is 5.91 Å². The van der Waals surface area contributed by atoms with Crippen molar-refractivity contribution in [2.45, 2.75) is 24.9 Å². The first-order valence-corrected chi connectivity index (χ1v) is 2.81. The fourth-order valence-corrected chi connectivity index (χ4v) is 1.13. The molecule has 2 rings (SSSR count). The van der Waals surface area contributed by atoms with Gasteiger partial charge < -0.3 is 15.2 Å². The third kappa shape index (κ3) is 0.516. The van der Waals surface area contributed by atoms with E-state index in [-0.39, 0.29) is 18.1 Å². The molecule has 2 fully saturated rings. The number of morpholine rings is 1. The molecule has 2 N–H and O–H groups in total. The van der Waals surface area contributed by atoms with Crippen molar-refractivity contribution < 1.29 is 14.6 Å². The molecule has 3 atom stereocenters. The SMILES string of the molecule is CC1(O)NC(=O)C2OC21. The van der Waals surface area contributed by atoms with Crippen LogP contribution < -0.4 is 5.32 Å². The Morgan fingerprint density at radius 2 is 2.56 bits per heavy atom. The van der Waals surface area contributed by atoms with Gasteiger partial charge in [0.15, 0.2) is 11.8 Å². The standard InChI is InChI=1S/C5H7NO3/c1-5(8)3-2(9-3)4(7)6-5/h2-3,8H,1H3,(H,6,7). The third-order valence-corrected chi connectivity index (χ3v) is 1.68. The van der Waals surface area contributed by atoms with Crippen LogP contribution in [0.25, 0.3) is 0 Å². The van der Waals surface area contributed by atoms with Crippen LogP contribution in [0.15, 0.2) is 0 Å². The molecule has 9 heavy (non-hydrogen) atoms. The van der Waals surface area contributed by atoms with E-state index in [4.69, 9.17) is 4.74 Å². The normalized spacial score (nSPS) is 54.7. The summed E-state index contributed by atoms with van der Waals surface area (Å²) in [4.78, 5) is 10.6. The number of fused-ring (bicyclic) bond motifs is 1. The van der Waals surface area contributed by atoms with Crippen LogP contribution in [-0.4, -0.2) is 28.9 Å². The molecule has 0 aromatic carbocycles. The highest BCUT2D eigenvalue weighted by molar-refractivity contribution is 5.87. The molecule has 1 amide bonds. The predicted octanol–water partition coefficient (Wildman–Crippen LogP) is -1.41. The topological polar surface area (TPSA) is 61.9 Å². The summed E-state index contributed by atoms with van der Waals surface area (Å²) in [5.74, 6) is -0.204. The average Bonchev–Trinajstić information content (AvgIpc) is 2.33. The minimum absolute atomic E-state index is 0.204. The zero-order valence-corrected chi connectivity index (χ0v) is 4.92. The van der Waals surface area contributed by atoms with Crippen LogP contribution in [0.4, 0.5) is 0 Å². The lowest BCUT2D eigenvalue weighted by molar-refractivity contribution is -0.128. The number of hydrogen-bond acceptors (Lipinski definition) is 3. The Labute approximate surface area is 51.8 Å². The number of carbonyl (C=O) groups is 1. The van der Waals surface area contributed by atoms with Crippen LogP contribution in [0.3, 0.4) is 0 Å². The van der Waals surface area contributed by atoms with Crippen molar-refractivity contribution in [1.82, 2.24) is 5.32 Å². The van der Waals surface area contributed by atoms with Gasteiger partial charge >= 0.3 is 0 Å². The Bertz CT molecular complexity index is 177. The van der Waals surface area contributed by atoms with Crippen LogP contribution in [0.1, 0.15) is 6.92 Å². The summed E-state index contributed by atoms with van der Waals surface area (Å²) in [5, 5.41) is 11.6. The highest BCUT2D eigenvalue weighted by atomic mass is 16.6. The van der Waals surface area contributed by atoms with Gasteiger partial charge in [0.05, 0.1) is 0 Å². The van der Waals surface area contributed by atoms with Gasteiger partial charge in [0, 0.05) is 0 Å². The molecular weight excluding hydrogens is 122 g/mol. The Morgan fingerprint density at radius 3 is 2.67 bits per heavy atom. The molecule has 0 radical (unpaired) electrons. The van der Waals surface area contributed by atoms with E-state index in [1.165, 1.54) is 6.92 Å². The molecule has 2 aliphatic rings. The summed E-state index contributed by atoms with van der Waals surface area (Å²) in [7, 11) is 0. The average molecular weight is 129 g/mol. The summed E-state index contributed by atoms with van der Waals surface area (Å²) in [6.45, 7) is 1.53. The monoisotopic (exact) mass is 129 g/mol. The first kappa shape index (κ1) is 5.20. The maximum Gasteiger partial charge on any atom is 0.254 e. The number of amides is 1. The molecule has 50 valence electrons. The first-order chi connectivity index (χ1) is 4.11. The van der Waals surface area contributed by atoms with Crippen molar-refractivity contribution in [3.05, 3.63) is 0 Å². The van der Waals surface area contributed by atoms with E-state index in [9.17, 15) is 9.90 Å². The minimum atomic E-state index is -1.12. The van der Waals surface area contributed by atoms with Gasteiger partial charge in [-0.3, -0.25) is 4.79 Å². The smallest absolute Gasteiger partial charge is 0.254 e. The van der Waals surface area contributed by atoms with E-state index in [1.807, 2.05) is 0 Å². The Kier molecular flexibility index (Phi) is 0.649. The van der Waals surface area contributed by atoms with E-state index in [1.54, 1.807) is 0 Å². The van der Waals surface area contributed by atoms with Crippen LogP contribution in [-0.2, 0) is 9.53 Å². The Hall–Kier alpha value is -0.610. The van der Waals surface area contributed by atoms with Crippen molar-refractivity contribution in [2.24, 2.45) is 0 Å². The van der Waals surface area contributed by atoms with E-state index in [0.717, 1.165) is 0 Å². The minimum Gasteiger partial charge on any atom is -0.369 e. The second-order valence-electron chi connectivity index (χ2n) is 2.61. The predicted molar refractivity (Wildman–Crippen MR) is 27.4 cm³/mol. The number of ether oxygens (including phenoxy) is 1. The molecule has 0 aromatic rings. The maximum atomic E-state index is 10.6. The molecule has 2 heterocycles. The number of aliphatic hydroxyl groups is 1. The quantitative estimate of drug-likeness (QED) is 0.395. The lowest BCUT2D eigenvalue weighted by Gasteiger charge is -2.16. The fourth-order valence-electron chi connectivity index (χ4n) is 1.13. The van der Waals surface area contributed by atoms with Crippen molar-refractivity contribution >= 4 is 5.91 Å². The fraction of sp³-hybridized carbons (Fsp3) is 0.800. The molecule has 4 heteroatoms. The molecule has 4 nitrogen and oxygen atoms in total. The van der Waals surface area contributed by atoms with Crippen LogP contribution >= 0.6 is 0 Å². The number of hydrogen-bond donors (Lipinski definition) is 2. The summed E-state index contributed by atoms with van der Waals surface area (Å²) in [6.07, 6.45) is -0.676. The van der Waals surface area contributed by atoms with Crippen LogP contribution in [0, 0.1) is 0 Å². The van der Waals surface area contributed by atoms with Crippen LogP contribution in [0.5, 0.6) is 0 Å². The number of rotatable bonds is 0. The number of nitrogens with one attached hydrogen (secondary N) is 1. The van der Waals surface area contributed by atoms with E-state index >= 15 is 0 Å². The highest BCUT2D eigenvalue weighted by Crippen LogP contribution is 2.36. The lowest BCUT2D eigenvalue weighted by Crippen LogP contribution is -2.44. The van der Waals surface area contributed by atoms with Gasteiger partial charge in [-0.15, -0.1) is 0 Å². The van der Waals surface area contributed by atoms with Gasteiger partial charge in [0.1, 0.15) is 6.10 Å². The molecule has 0 spiro atoms. The molecule has 0 aliphatic carbocycles. The highest BCUT2D eigenvalue weighted by Gasteiger charge is 2.62. The first-order valence-electron chi connectivity index (χ1n) is 2.81. The van der Waals surface area contributed by atoms with E-state index in [0.29, 0.717) is 0 Å². The van der Waals surface area contributed by atoms with Gasteiger partial charge in [-0.1, -0.05) is 0 Å². The Morgan fingerprint density at radius 1 is 1.89 bits per heavy atom. The zero-order chi connectivity index (χ0) is 6.65. The summed E-state index contributed by atoms with van der Waals surface area (Å²) in [5.41, 5.74) is -1.12. The largest absolute Gasteiger partial charge is 0.369 e. The van der Waals surface area contributed by atoms with Crippen molar-refractivity contribution in [2.75, 3.05) is 0 Å². The second kappa shape index (κ2) is 1.12.